The van der Waals surface area contributed by atoms with Crippen molar-refractivity contribution in [1.29, 1.82) is 0 Å². The van der Waals surface area contributed by atoms with Gasteiger partial charge in [0.2, 0.25) is 11.8 Å². The minimum Gasteiger partial charge on any atom is -0.340 e. The third-order valence-corrected chi connectivity index (χ3v) is 6.03. The fourth-order valence-corrected chi connectivity index (χ4v) is 4.02. The molecule has 1 aromatic rings. The van der Waals surface area contributed by atoms with Crippen LogP contribution < -0.4 is 5.32 Å². The number of amides is 2. The SMILES string of the molecule is CC1(C2CC2)NC(=O)C(C)(C2CC2)N(Cc2ccccc2)C1=O. The van der Waals surface area contributed by atoms with Gasteiger partial charge in [-0.15, -0.1) is 0 Å². The molecule has 1 aliphatic heterocycles. The molecule has 2 atom stereocenters. The van der Waals surface area contributed by atoms with E-state index >= 15 is 0 Å². The Hall–Kier alpha value is -1.84. The quantitative estimate of drug-likeness (QED) is 0.928. The van der Waals surface area contributed by atoms with Crippen molar-refractivity contribution in [1.82, 2.24) is 10.2 Å². The molecule has 2 aliphatic carbocycles. The first-order valence-electron chi connectivity index (χ1n) is 8.65. The van der Waals surface area contributed by atoms with Gasteiger partial charge in [-0.25, -0.2) is 0 Å². The Morgan fingerprint density at radius 3 is 2.22 bits per heavy atom. The summed E-state index contributed by atoms with van der Waals surface area (Å²) in [5, 5.41) is 3.10. The van der Waals surface area contributed by atoms with E-state index in [0.717, 1.165) is 31.2 Å². The molecule has 3 fully saturated rings. The van der Waals surface area contributed by atoms with Crippen LogP contribution in [0.2, 0.25) is 0 Å². The van der Waals surface area contributed by atoms with Crippen LogP contribution in [0.1, 0.15) is 45.1 Å². The summed E-state index contributed by atoms with van der Waals surface area (Å²) in [6.07, 6.45) is 4.12. The molecule has 4 rings (SSSR count). The largest absolute Gasteiger partial charge is 0.340 e. The van der Waals surface area contributed by atoms with E-state index in [1.807, 2.05) is 49.1 Å². The third kappa shape index (κ3) is 2.19. The number of benzene rings is 1. The highest BCUT2D eigenvalue weighted by molar-refractivity contribution is 6.02. The van der Waals surface area contributed by atoms with Gasteiger partial charge in [-0.1, -0.05) is 30.3 Å². The second-order valence-electron chi connectivity index (χ2n) is 7.73. The summed E-state index contributed by atoms with van der Waals surface area (Å²) in [4.78, 5) is 28.2. The first kappa shape index (κ1) is 14.7. The van der Waals surface area contributed by atoms with Gasteiger partial charge in [0.05, 0.1) is 0 Å². The summed E-state index contributed by atoms with van der Waals surface area (Å²) < 4.78 is 0. The smallest absolute Gasteiger partial charge is 0.249 e. The van der Waals surface area contributed by atoms with Crippen LogP contribution in [0.5, 0.6) is 0 Å². The normalized spacial score (nSPS) is 34.4. The maximum absolute atomic E-state index is 13.3. The van der Waals surface area contributed by atoms with E-state index in [4.69, 9.17) is 0 Å². The lowest BCUT2D eigenvalue weighted by atomic mass is 9.81. The third-order valence-electron chi connectivity index (χ3n) is 6.03. The molecule has 4 nitrogen and oxygen atoms in total. The molecule has 122 valence electrons. The molecule has 2 amide bonds. The fourth-order valence-electron chi connectivity index (χ4n) is 4.02. The lowest BCUT2D eigenvalue weighted by molar-refractivity contribution is -0.165. The molecule has 0 spiro atoms. The Morgan fingerprint density at radius 2 is 1.65 bits per heavy atom. The minimum absolute atomic E-state index is 0.0323. The molecule has 1 aromatic carbocycles. The Labute approximate surface area is 137 Å². The molecule has 2 saturated carbocycles. The van der Waals surface area contributed by atoms with E-state index in [9.17, 15) is 9.59 Å². The van der Waals surface area contributed by atoms with E-state index in [1.54, 1.807) is 0 Å². The predicted molar refractivity (Wildman–Crippen MR) is 87.4 cm³/mol. The van der Waals surface area contributed by atoms with Gasteiger partial charge in [-0.2, -0.15) is 0 Å². The van der Waals surface area contributed by atoms with Gasteiger partial charge in [0.15, 0.2) is 0 Å². The van der Waals surface area contributed by atoms with Gasteiger partial charge < -0.3 is 10.2 Å². The predicted octanol–water partition coefficient (Wildman–Crippen LogP) is 2.48. The fraction of sp³-hybridized carbons (Fsp3) is 0.579. The van der Waals surface area contributed by atoms with Crippen LogP contribution >= 0.6 is 0 Å². The highest BCUT2D eigenvalue weighted by atomic mass is 16.2. The number of carbonyl (C=O) groups is 2. The summed E-state index contributed by atoms with van der Waals surface area (Å²) in [6.45, 7) is 4.38. The van der Waals surface area contributed by atoms with Crippen LogP contribution in [0.4, 0.5) is 0 Å². The van der Waals surface area contributed by atoms with Gasteiger partial charge in [-0.05, 0) is 56.9 Å². The van der Waals surface area contributed by atoms with Gasteiger partial charge in [0, 0.05) is 6.54 Å². The van der Waals surface area contributed by atoms with Crippen molar-refractivity contribution in [3.8, 4) is 0 Å². The summed E-state index contributed by atoms with van der Waals surface area (Å²) in [5.41, 5.74) is -0.345. The van der Waals surface area contributed by atoms with Crippen molar-refractivity contribution in [2.45, 2.75) is 57.2 Å². The van der Waals surface area contributed by atoms with E-state index < -0.39 is 11.1 Å². The van der Waals surface area contributed by atoms with Crippen LogP contribution in [-0.4, -0.2) is 27.8 Å². The van der Waals surface area contributed by atoms with Gasteiger partial charge >= 0.3 is 0 Å². The lowest BCUT2D eigenvalue weighted by Crippen LogP contribution is -2.75. The van der Waals surface area contributed by atoms with Crippen LogP contribution in [0.25, 0.3) is 0 Å². The maximum atomic E-state index is 13.3. The van der Waals surface area contributed by atoms with Crippen LogP contribution in [0, 0.1) is 11.8 Å². The molecule has 1 N–H and O–H groups in total. The minimum atomic E-state index is -0.722. The second kappa shape index (κ2) is 4.83. The molecule has 23 heavy (non-hydrogen) atoms. The number of carbonyl (C=O) groups excluding carboxylic acids is 2. The summed E-state index contributed by atoms with van der Waals surface area (Å²) in [6, 6.07) is 10.0. The summed E-state index contributed by atoms with van der Waals surface area (Å²) in [7, 11) is 0. The molecule has 2 unspecified atom stereocenters. The summed E-state index contributed by atoms with van der Waals surface area (Å²) >= 11 is 0. The highest BCUT2D eigenvalue weighted by Gasteiger charge is 2.63. The van der Waals surface area contributed by atoms with Crippen molar-refractivity contribution in [3.05, 3.63) is 35.9 Å². The summed E-state index contributed by atoms with van der Waals surface area (Å²) in [5.74, 6) is 0.711. The lowest BCUT2D eigenvalue weighted by Gasteiger charge is -2.51. The Morgan fingerprint density at radius 1 is 1.04 bits per heavy atom. The number of nitrogens with zero attached hydrogens (tertiary/aromatic N) is 1. The number of hydrogen-bond acceptors (Lipinski definition) is 2. The number of rotatable bonds is 4. The zero-order chi connectivity index (χ0) is 16.2. The molecule has 3 aliphatic rings. The highest BCUT2D eigenvalue weighted by Crippen LogP contribution is 2.50. The average Bonchev–Trinajstić information content (AvgIpc) is 3.41. The standard InChI is InChI=1S/C19H24N2O2/c1-18(14-8-9-14)17(23)21(12-13-6-4-3-5-7-13)19(2,15-10-11-15)16(22)20-18/h3-7,14-15H,8-12H2,1-2H3,(H,20,22). The number of hydrogen-bond donors (Lipinski definition) is 1. The zero-order valence-electron chi connectivity index (χ0n) is 13.8. The van der Waals surface area contributed by atoms with E-state index in [-0.39, 0.29) is 11.8 Å². The molecule has 0 radical (unpaired) electrons. The second-order valence-corrected chi connectivity index (χ2v) is 7.73. The molecular weight excluding hydrogens is 288 g/mol. The molecule has 0 aromatic heterocycles. The number of piperazine rings is 1. The van der Waals surface area contributed by atoms with Crippen LogP contribution in [0.15, 0.2) is 30.3 Å². The van der Waals surface area contributed by atoms with Crippen LogP contribution in [-0.2, 0) is 16.1 Å². The first-order valence-corrected chi connectivity index (χ1v) is 8.65. The number of nitrogens with one attached hydrogen (secondary N) is 1. The molecular formula is C19H24N2O2. The van der Waals surface area contributed by atoms with Gasteiger partial charge in [0.25, 0.3) is 0 Å². The van der Waals surface area contributed by atoms with E-state index in [0.29, 0.717) is 18.4 Å². The van der Waals surface area contributed by atoms with Crippen LogP contribution in [0.3, 0.4) is 0 Å². The van der Waals surface area contributed by atoms with Crippen molar-refractivity contribution >= 4 is 11.8 Å². The Balaban J connectivity index is 1.72. The topological polar surface area (TPSA) is 49.4 Å². The first-order chi connectivity index (χ1) is 11.0. The average molecular weight is 312 g/mol. The maximum Gasteiger partial charge on any atom is 0.249 e. The van der Waals surface area contributed by atoms with Gasteiger partial charge in [0.1, 0.15) is 11.1 Å². The Bertz CT molecular complexity index is 651. The van der Waals surface area contributed by atoms with E-state index in [2.05, 4.69) is 5.32 Å². The van der Waals surface area contributed by atoms with Crippen molar-refractivity contribution in [2.75, 3.05) is 0 Å². The Kier molecular flexibility index (Phi) is 3.09. The molecule has 1 heterocycles. The molecule has 0 bridgehead atoms. The molecule has 4 heteroatoms. The monoisotopic (exact) mass is 312 g/mol. The zero-order valence-corrected chi connectivity index (χ0v) is 13.8. The van der Waals surface area contributed by atoms with Crippen molar-refractivity contribution in [3.63, 3.8) is 0 Å². The van der Waals surface area contributed by atoms with E-state index in [1.165, 1.54) is 0 Å². The van der Waals surface area contributed by atoms with Crippen molar-refractivity contribution < 1.29 is 9.59 Å². The molecule has 1 saturated heterocycles. The van der Waals surface area contributed by atoms with Gasteiger partial charge in [-0.3, -0.25) is 9.59 Å². The van der Waals surface area contributed by atoms with Crippen molar-refractivity contribution in [2.24, 2.45) is 11.8 Å².